The van der Waals surface area contributed by atoms with Gasteiger partial charge in [0.1, 0.15) is 0 Å². The molecule has 0 aromatic heterocycles. The maximum absolute atomic E-state index is 13.1. The Kier molecular flexibility index (Phi) is 8.20. The standard InChI is InChI=1S/C28H26Br2ClN5O2/c1-35-9-11-36(12-10-35)16-24(37)34-27-21(29)14-19(15-22(27)30)32-26(17-5-3-2-4-6-17)25-20-8-7-18(31)13-23(20)33-28(25)38/h2-8,13-15,32H,9-12,16H2,1H3,(H,33,38)(H,34,37). The molecule has 2 aliphatic heterocycles. The average molecular weight is 660 g/mol. The van der Waals surface area contributed by atoms with Gasteiger partial charge in [0.2, 0.25) is 5.91 Å². The molecule has 0 aliphatic carbocycles. The molecule has 3 aromatic rings. The van der Waals surface area contributed by atoms with Gasteiger partial charge in [-0.3, -0.25) is 14.5 Å². The molecular weight excluding hydrogens is 634 g/mol. The first-order valence-electron chi connectivity index (χ1n) is 12.2. The molecule has 1 saturated heterocycles. The maximum atomic E-state index is 13.1. The van der Waals surface area contributed by atoms with E-state index in [4.69, 9.17) is 11.6 Å². The second-order valence-corrected chi connectivity index (χ2v) is 11.5. The predicted molar refractivity (Wildman–Crippen MR) is 161 cm³/mol. The lowest BCUT2D eigenvalue weighted by molar-refractivity contribution is -0.117. The summed E-state index contributed by atoms with van der Waals surface area (Å²) in [7, 11) is 2.09. The topological polar surface area (TPSA) is 76.7 Å². The van der Waals surface area contributed by atoms with Crippen LogP contribution in [0.2, 0.25) is 5.02 Å². The van der Waals surface area contributed by atoms with E-state index in [-0.39, 0.29) is 11.8 Å². The number of carbonyl (C=O) groups excluding carboxylic acids is 2. The van der Waals surface area contributed by atoms with Gasteiger partial charge >= 0.3 is 0 Å². The number of likely N-dealkylation sites (N-methyl/N-ethyl adjacent to an activating group) is 1. The van der Waals surface area contributed by atoms with Gasteiger partial charge in [-0.2, -0.15) is 0 Å². The van der Waals surface area contributed by atoms with Crippen LogP contribution in [0.1, 0.15) is 11.1 Å². The predicted octanol–water partition coefficient (Wildman–Crippen LogP) is 5.98. The van der Waals surface area contributed by atoms with Crippen LogP contribution >= 0.6 is 43.5 Å². The third-order valence-electron chi connectivity index (χ3n) is 6.58. The highest BCUT2D eigenvalue weighted by molar-refractivity contribution is 9.11. The van der Waals surface area contributed by atoms with Gasteiger partial charge in [0.25, 0.3) is 5.91 Å². The molecule has 7 nitrogen and oxygen atoms in total. The number of benzene rings is 3. The first-order chi connectivity index (χ1) is 18.3. The average Bonchev–Trinajstić information content (AvgIpc) is 3.21. The largest absolute Gasteiger partial charge is 0.354 e. The first-order valence-corrected chi connectivity index (χ1v) is 14.1. The SMILES string of the molecule is CN1CCN(CC(=O)Nc2c(Br)cc(NC(=C3C(=O)Nc4cc(Cl)ccc43)c3ccccc3)cc2Br)CC1. The Morgan fingerprint density at radius 2 is 1.66 bits per heavy atom. The van der Waals surface area contributed by atoms with E-state index in [0.717, 1.165) is 43.0 Å². The number of hydrogen-bond donors (Lipinski definition) is 3. The Hall–Kier alpha value is -2.69. The van der Waals surface area contributed by atoms with Crippen LogP contribution < -0.4 is 16.0 Å². The fourth-order valence-electron chi connectivity index (χ4n) is 4.57. The second-order valence-electron chi connectivity index (χ2n) is 9.33. The van der Waals surface area contributed by atoms with Crippen molar-refractivity contribution in [2.45, 2.75) is 0 Å². The third-order valence-corrected chi connectivity index (χ3v) is 8.06. The molecule has 38 heavy (non-hydrogen) atoms. The zero-order valence-corrected chi connectivity index (χ0v) is 24.6. The van der Waals surface area contributed by atoms with Gasteiger partial charge in [0, 0.05) is 51.4 Å². The van der Waals surface area contributed by atoms with Crippen LogP contribution in [-0.2, 0) is 9.59 Å². The zero-order valence-electron chi connectivity index (χ0n) is 20.7. The van der Waals surface area contributed by atoms with Crippen molar-refractivity contribution in [2.75, 3.05) is 55.7 Å². The van der Waals surface area contributed by atoms with E-state index in [1.165, 1.54) is 0 Å². The van der Waals surface area contributed by atoms with Crippen LogP contribution in [0, 0.1) is 0 Å². The number of halogens is 3. The fraction of sp³-hybridized carbons (Fsp3) is 0.214. The molecule has 2 heterocycles. The molecule has 0 bridgehead atoms. The Morgan fingerprint density at radius 1 is 0.974 bits per heavy atom. The van der Waals surface area contributed by atoms with E-state index in [2.05, 4.69) is 64.7 Å². The van der Waals surface area contributed by atoms with Crippen molar-refractivity contribution in [3.8, 4) is 0 Å². The number of hydrogen-bond acceptors (Lipinski definition) is 5. The molecule has 2 aliphatic rings. The van der Waals surface area contributed by atoms with Crippen molar-refractivity contribution in [3.63, 3.8) is 0 Å². The van der Waals surface area contributed by atoms with Gasteiger partial charge in [-0.1, -0.05) is 48.0 Å². The van der Waals surface area contributed by atoms with E-state index in [0.29, 0.717) is 43.2 Å². The lowest BCUT2D eigenvalue weighted by Gasteiger charge is -2.31. The minimum atomic E-state index is -0.209. The Morgan fingerprint density at radius 3 is 2.34 bits per heavy atom. The number of fused-ring (bicyclic) bond motifs is 1. The summed E-state index contributed by atoms with van der Waals surface area (Å²) in [6.07, 6.45) is 0. The normalized spacial score (nSPS) is 17.1. The number of nitrogens with one attached hydrogen (secondary N) is 3. The molecule has 0 spiro atoms. The Bertz CT molecular complexity index is 1400. The lowest BCUT2D eigenvalue weighted by Crippen LogP contribution is -2.47. The first kappa shape index (κ1) is 26.9. The molecule has 5 rings (SSSR count). The Balaban J connectivity index is 1.43. The van der Waals surface area contributed by atoms with E-state index < -0.39 is 0 Å². The molecule has 0 unspecified atom stereocenters. The number of carbonyl (C=O) groups is 2. The van der Waals surface area contributed by atoms with Gasteiger partial charge in [0.15, 0.2) is 0 Å². The molecule has 1 fully saturated rings. The maximum Gasteiger partial charge on any atom is 0.258 e. The van der Waals surface area contributed by atoms with Gasteiger partial charge in [-0.25, -0.2) is 0 Å². The van der Waals surface area contributed by atoms with Crippen molar-refractivity contribution in [1.29, 1.82) is 0 Å². The minimum Gasteiger partial charge on any atom is -0.354 e. The summed E-state index contributed by atoms with van der Waals surface area (Å²) in [4.78, 5) is 30.3. The van der Waals surface area contributed by atoms with Gasteiger partial charge < -0.3 is 20.9 Å². The molecule has 0 radical (unpaired) electrons. The van der Waals surface area contributed by atoms with Crippen molar-refractivity contribution in [2.24, 2.45) is 0 Å². The molecule has 196 valence electrons. The lowest BCUT2D eigenvalue weighted by atomic mass is 10.00. The molecule has 2 amide bonds. The minimum absolute atomic E-state index is 0.0679. The monoisotopic (exact) mass is 657 g/mol. The van der Waals surface area contributed by atoms with E-state index in [9.17, 15) is 9.59 Å². The molecule has 3 N–H and O–H groups in total. The van der Waals surface area contributed by atoms with Crippen molar-refractivity contribution >= 4 is 83.6 Å². The third kappa shape index (κ3) is 5.97. The number of nitrogens with zero attached hydrogens (tertiary/aromatic N) is 2. The van der Waals surface area contributed by atoms with Crippen LogP contribution in [0.3, 0.4) is 0 Å². The fourth-order valence-corrected chi connectivity index (χ4v) is 6.13. The zero-order chi connectivity index (χ0) is 26.8. The second kappa shape index (κ2) is 11.6. The molecule has 3 aromatic carbocycles. The summed E-state index contributed by atoms with van der Waals surface area (Å²) < 4.78 is 1.42. The number of rotatable bonds is 6. The molecule has 0 atom stereocenters. The van der Waals surface area contributed by atoms with Crippen molar-refractivity contribution in [1.82, 2.24) is 9.80 Å². The number of anilines is 3. The number of amides is 2. The van der Waals surface area contributed by atoms with Gasteiger partial charge in [-0.15, -0.1) is 0 Å². The van der Waals surface area contributed by atoms with E-state index in [1.807, 2.05) is 48.5 Å². The van der Waals surface area contributed by atoms with Crippen LogP contribution in [0.15, 0.2) is 69.6 Å². The smallest absolute Gasteiger partial charge is 0.258 e. The summed E-state index contributed by atoms with van der Waals surface area (Å²) in [5.74, 6) is -0.277. The Labute approximate surface area is 243 Å². The summed E-state index contributed by atoms with van der Waals surface area (Å²) in [6.45, 7) is 3.99. The van der Waals surface area contributed by atoms with Crippen LogP contribution in [0.25, 0.3) is 11.3 Å². The van der Waals surface area contributed by atoms with Gasteiger partial charge in [-0.05, 0) is 68.7 Å². The summed E-state index contributed by atoms with van der Waals surface area (Å²) in [6, 6.07) is 18.8. The van der Waals surface area contributed by atoms with E-state index >= 15 is 0 Å². The molecule has 10 heteroatoms. The summed E-state index contributed by atoms with van der Waals surface area (Å²) in [5.41, 5.74) is 4.89. The molecular formula is C28H26Br2ClN5O2. The van der Waals surface area contributed by atoms with Gasteiger partial charge in [0.05, 0.1) is 29.2 Å². The quantitative estimate of drug-likeness (QED) is 0.284. The van der Waals surface area contributed by atoms with Crippen LogP contribution in [0.5, 0.6) is 0 Å². The summed E-state index contributed by atoms with van der Waals surface area (Å²) in [5, 5.41) is 9.95. The van der Waals surface area contributed by atoms with Crippen molar-refractivity contribution in [3.05, 3.63) is 85.8 Å². The highest BCUT2D eigenvalue weighted by Crippen LogP contribution is 2.40. The summed E-state index contributed by atoms with van der Waals surface area (Å²) >= 11 is 13.4. The van der Waals surface area contributed by atoms with Crippen molar-refractivity contribution < 1.29 is 9.59 Å². The molecule has 0 saturated carbocycles. The number of piperazine rings is 1. The highest BCUT2D eigenvalue weighted by atomic mass is 79.9. The van der Waals surface area contributed by atoms with E-state index in [1.54, 1.807) is 12.1 Å². The highest BCUT2D eigenvalue weighted by Gasteiger charge is 2.29. The van der Waals surface area contributed by atoms with Crippen LogP contribution in [-0.4, -0.2) is 61.4 Å². The van der Waals surface area contributed by atoms with Crippen LogP contribution in [0.4, 0.5) is 17.1 Å².